The molecule has 1 aromatic carbocycles. The molecule has 1 saturated heterocycles. The molecule has 3 amide bonds. The summed E-state index contributed by atoms with van der Waals surface area (Å²) >= 11 is 13.7. The van der Waals surface area contributed by atoms with Crippen molar-refractivity contribution >= 4 is 67.4 Å². The summed E-state index contributed by atoms with van der Waals surface area (Å²) in [4.78, 5) is 47.2. The zero-order valence-electron chi connectivity index (χ0n) is 26.6. The Morgan fingerprint density at radius 2 is 1.92 bits per heavy atom. The number of benzene rings is 1. The van der Waals surface area contributed by atoms with Gasteiger partial charge >= 0.3 is 0 Å². The number of thiazole rings is 1. The molecule has 16 heteroatoms. The van der Waals surface area contributed by atoms with Gasteiger partial charge in [0.1, 0.15) is 29.0 Å². The van der Waals surface area contributed by atoms with E-state index in [-0.39, 0.29) is 12.3 Å². The van der Waals surface area contributed by atoms with Gasteiger partial charge < -0.3 is 20.1 Å². The second-order valence-corrected chi connectivity index (χ2v) is 17.2. The zero-order chi connectivity index (χ0) is 34.6. The van der Waals surface area contributed by atoms with Crippen LogP contribution in [-0.4, -0.2) is 70.6 Å². The fourth-order valence-corrected chi connectivity index (χ4v) is 8.53. The van der Waals surface area contributed by atoms with E-state index >= 15 is 0 Å². The molecule has 0 unspecified atom stereocenters. The maximum absolute atomic E-state index is 14.1. The summed E-state index contributed by atoms with van der Waals surface area (Å²) < 4.78 is 32.7. The standard InChI is InChI=1S/C32H36Cl2N6O6S2/c1-5-17-15-32(17,29(43)39-48(44,45)19-9-10-19)37-27(41)24-7-6-12-40(24)28(42)26(31(2,3)4)36-30-35-23(16-47-30)25-14-22(38-46-25)20-11-8-18(33)13-21(20)34/h5,8,11,13-14,16-17,19,24,26H,1,6-7,9-10,12,15H2,2-4H3,(H,35,36)(H,37,41)(H,39,43)/t17-,24+,26-,32-/m1/s1. The number of hydrogen-bond donors (Lipinski definition) is 3. The number of nitrogens with one attached hydrogen (secondary N) is 3. The molecule has 4 atom stereocenters. The smallest absolute Gasteiger partial charge is 0.259 e. The third-order valence-electron chi connectivity index (χ3n) is 8.94. The Kier molecular flexibility index (Phi) is 9.16. The average molecular weight is 736 g/mol. The van der Waals surface area contributed by atoms with Gasteiger partial charge in [-0.3, -0.25) is 19.1 Å². The Labute approximate surface area is 292 Å². The van der Waals surface area contributed by atoms with Gasteiger partial charge in [0.05, 0.1) is 10.3 Å². The molecule has 0 spiro atoms. The van der Waals surface area contributed by atoms with Crippen LogP contribution >= 0.6 is 34.5 Å². The van der Waals surface area contributed by atoms with Gasteiger partial charge in [-0.25, -0.2) is 13.4 Å². The molecule has 2 aliphatic carbocycles. The van der Waals surface area contributed by atoms with Crippen LogP contribution in [0.2, 0.25) is 10.0 Å². The Morgan fingerprint density at radius 1 is 1.17 bits per heavy atom. The fourth-order valence-electron chi connectivity index (χ4n) is 5.93. The van der Waals surface area contributed by atoms with Gasteiger partial charge in [-0.2, -0.15) is 0 Å². The number of carbonyl (C=O) groups excluding carboxylic acids is 3. The number of anilines is 1. The molecule has 3 aromatic rings. The second kappa shape index (κ2) is 12.8. The van der Waals surface area contributed by atoms with E-state index in [2.05, 4.69) is 32.1 Å². The van der Waals surface area contributed by atoms with Crippen molar-refractivity contribution in [3.8, 4) is 22.7 Å². The normalized spacial score (nSPS) is 23.0. The van der Waals surface area contributed by atoms with Crippen LogP contribution in [0.15, 0.2) is 46.8 Å². The Bertz CT molecular complexity index is 1880. The first-order valence-corrected chi connectivity index (χ1v) is 18.8. The molecule has 0 radical (unpaired) electrons. The second-order valence-electron chi connectivity index (χ2n) is 13.6. The molecule has 256 valence electrons. The highest BCUT2D eigenvalue weighted by Gasteiger charge is 2.61. The molecule has 2 aromatic heterocycles. The number of sulfonamides is 1. The lowest BCUT2D eigenvalue weighted by molar-refractivity contribution is -0.141. The van der Waals surface area contributed by atoms with E-state index in [1.165, 1.54) is 22.3 Å². The van der Waals surface area contributed by atoms with Crippen molar-refractivity contribution in [2.75, 3.05) is 11.9 Å². The van der Waals surface area contributed by atoms with E-state index in [0.29, 0.717) is 70.1 Å². The molecule has 2 saturated carbocycles. The van der Waals surface area contributed by atoms with Gasteiger partial charge in [-0.05, 0) is 55.7 Å². The highest BCUT2D eigenvalue weighted by Crippen LogP contribution is 2.45. The maximum Gasteiger partial charge on any atom is 0.259 e. The summed E-state index contributed by atoms with van der Waals surface area (Å²) in [6, 6.07) is 5.21. The first-order valence-electron chi connectivity index (χ1n) is 15.6. The maximum atomic E-state index is 14.1. The molecule has 3 fully saturated rings. The summed E-state index contributed by atoms with van der Waals surface area (Å²) in [5, 5.41) is 12.8. The molecular formula is C32H36Cl2N6O6S2. The minimum Gasteiger partial charge on any atom is -0.354 e. The molecule has 3 N–H and O–H groups in total. The predicted octanol–water partition coefficient (Wildman–Crippen LogP) is 5.26. The summed E-state index contributed by atoms with van der Waals surface area (Å²) in [7, 11) is -3.81. The first-order chi connectivity index (χ1) is 22.6. The SMILES string of the molecule is C=C[C@@H]1C[C@]1(NC(=O)[C@@H]1CCCN1C(=O)[C@@H](Nc1nc(-c2cc(-c3ccc(Cl)cc3Cl)no2)cs1)C(C)(C)C)C(=O)NS(=O)(=O)C1CC1. The Hall–Kier alpha value is -3.46. The number of nitrogens with zero attached hydrogens (tertiary/aromatic N) is 3. The van der Waals surface area contributed by atoms with Crippen LogP contribution in [0.3, 0.4) is 0 Å². The molecule has 1 aliphatic heterocycles. The molecule has 3 aliphatic rings. The number of halogens is 2. The third kappa shape index (κ3) is 6.85. The van der Waals surface area contributed by atoms with Crippen LogP contribution in [0.25, 0.3) is 22.7 Å². The van der Waals surface area contributed by atoms with Gasteiger partial charge in [0.25, 0.3) is 5.91 Å². The fraction of sp³-hybridized carbons (Fsp3) is 0.469. The van der Waals surface area contributed by atoms with Crippen molar-refractivity contribution in [2.24, 2.45) is 11.3 Å². The summed E-state index contributed by atoms with van der Waals surface area (Å²) in [5.74, 6) is -1.57. The van der Waals surface area contributed by atoms with Crippen LogP contribution in [0.1, 0.15) is 52.9 Å². The van der Waals surface area contributed by atoms with Crippen molar-refractivity contribution in [1.82, 2.24) is 25.1 Å². The van der Waals surface area contributed by atoms with E-state index in [9.17, 15) is 22.8 Å². The molecular weight excluding hydrogens is 699 g/mol. The minimum absolute atomic E-state index is 0.229. The van der Waals surface area contributed by atoms with Crippen LogP contribution in [0, 0.1) is 11.3 Å². The summed E-state index contributed by atoms with van der Waals surface area (Å²) in [5.41, 5.74) is -0.317. The Balaban J connectivity index is 1.16. The largest absolute Gasteiger partial charge is 0.354 e. The number of likely N-dealkylation sites (tertiary alicyclic amines) is 1. The molecule has 12 nitrogen and oxygen atoms in total. The van der Waals surface area contributed by atoms with E-state index < -0.39 is 56.0 Å². The quantitative estimate of drug-likeness (QED) is 0.223. The number of carbonyl (C=O) groups is 3. The van der Waals surface area contributed by atoms with Crippen LogP contribution < -0.4 is 15.4 Å². The number of amides is 3. The topological polar surface area (TPSA) is 164 Å². The first kappa shape index (κ1) is 34.4. The minimum atomic E-state index is -3.81. The van der Waals surface area contributed by atoms with E-state index in [0.717, 1.165) is 0 Å². The van der Waals surface area contributed by atoms with E-state index in [1.54, 1.807) is 29.6 Å². The van der Waals surface area contributed by atoms with E-state index in [1.807, 2.05) is 20.8 Å². The Morgan fingerprint density at radius 3 is 2.56 bits per heavy atom. The van der Waals surface area contributed by atoms with Crippen LogP contribution in [-0.2, 0) is 24.4 Å². The van der Waals surface area contributed by atoms with Crippen molar-refractivity contribution < 1.29 is 27.3 Å². The highest BCUT2D eigenvalue weighted by atomic mass is 35.5. The molecule has 6 rings (SSSR count). The average Bonchev–Trinajstić information content (AvgIpc) is 3.78. The van der Waals surface area contributed by atoms with Crippen LogP contribution in [0.5, 0.6) is 0 Å². The molecule has 0 bridgehead atoms. The van der Waals surface area contributed by atoms with Gasteiger partial charge in [-0.15, -0.1) is 17.9 Å². The van der Waals surface area contributed by atoms with E-state index in [4.69, 9.17) is 27.7 Å². The summed E-state index contributed by atoms with van der Waals surface area (Å²) in [6.07, 6.45) is 3.75. The number of rotatable bonds is 11. The lowest BCUT2D eigenvalue weighted by Gasteiger charge is -2.35. The van der Waals surface area contributed by atoms with Gasteiger partial charge in [-0.1, -0.05) is 55.2 Å². The summed E-state index contributed by atoms with van der Waals surface area (Å²) in [6.45, 7) is 9.84. The lowest BCUT2D eigenvalue weighted by Crippen LogP contribution is -2.58. The van der Waals surface area contributed by atoms with Gasteiger partial charge in [0.15, 0.2) is 10.9 Å². The van der Waals surface area contributed by atoms with Crippen molar-refractivity contribution in [3.63, 3.8) is 0 Å². The molecule has 48 heavy (non-hydrogen) atoms. The van der Waals surface area contributed by atoms with Crippen LogP contribution in [0.4, 0.5) is 5.13 Å². The highest BCUT2D eigenvalue weighted by molar-refractivity contribution is 7.91. The lowest BCUT2D eigenvalue weighted by atomic mass is 9.85. The molecule has 3 heterocycles. The monoisotopic (exact) mass is 734 g/mol. The third-order valence-corrected chi connectivity index (χ3v) is 12.1. The number of aromatic nitrogens is 2. The van der Waals surface area contributed by atoms with Crippen molar-refractivity contribution in [2.45, 2.75) is 75.7 Å². The van der Waals surface area contributed by atoms with Gasteiger partial charge in [0, 0.05) is 34.5 Å². The zero-order valence-corrected chi connectivity index (χ0v) is 29.7. The van der Waals surface area contributed by atoms with Gasteiger partial charge in [0.2, 0.25) is 21.8 Å². The van der Waals surface area contributed by atoms with Crippen molar-refractivity contribution in [1.29, 1.82) is 0 Å². The number of hydrogen-bond acceptors (Lipinski definition) is 10. The predicted molar refractivity (Wildman–Crippen MR) is 184 cm³/mol. The van der Waals surface area contributed by atoms with Crippen molar-refractivity contribution in [3.05, 3.63) is 52.3 Å².